The van der Waals surface area contributed by atoms with Gasteiger partial charge in [-0.05, 0) is 49.0 Å². The number of benzene rings is 1. The van der Waals surface area contributed by atoms with Crippen molar-refractivity contribution in [1.29, 1.82) is 0 Å². The smallest absolute Gasteiger partial charge is 0.0294 e. The first-order valence-corrected chi connectivity index (χ1v) is 9.58. The van der Waals surface area contributed by atoms with E-state index in [1.165, 1.54) is 36.8 Å². The first kappa shape index (κ1) is 16.9. The minimum Gasteiger partial charge on any atom is -0.307 e. The standard InChI is InChI=1S/C19H31NS/c1-14(20-17-7-6-8-18(13-17)21-5)15-9-11-16(12-10-15)19(2,3)4/h9-12,14,17-18,20H,6-8,13H2,1-5H3. The van der Waals surface area contributed by atoms with Crippen molar-refractivity contribution in [3.8, 4) is 0 Å². The molecule has 0 radical (unpaired) electrons. The van der Waals surface area contributed by atoms with Gasteiger partial charge >= 0.3 is 0 Å². The van der Waals surface area contributed by atoms with Crippen LogP contribution in [0.5, 0.6) is 0 Å². The van der Waals surface area contributed by atoms with Gasteiger partial charge < -0.3 is 5.32 Å². The molecule has 1 aliphatic carbocycles. The molecule has 0 saturated heterocycles. The Hall–Kier alpha value is -0.470. The molecule has 1 N–H and O–H groups in total. The van der Waals surface area contributed by atoms with Crippen LogP contribution >= 0.6 is 11.8 Å². The summed E-state index contributed by atoms with van der Waals surface area (Å²) in [4.78, 5) is 0. The van der Waals surface area contributed by atoms with Gasteiger partial charge in [0.15, 0.2) is 0 Å². The molecule has 3 unspecified atom stereocenters. The van der Waals surface area contributed by atoms with Gasteiger partial charge in [-0.1, -0.05) is 51.5 Å². The van der Waals surface area contributed by atoms with Gasteiger partial charge in [0.25, 0.3) is 0 Å². The van der Waals surface area contributed by atoms with Gasteiger partial charge in [-0.15, -0.1) is 0 Å². The van der Waals surface area contributed by atoms with Crippen LogP contribution < -0.4 is 5.32 Å². The summed E-state index contributed by atoms with van der Waals surface area (Å²) in [5, 5.41) is 4.70. The molecule has 118 valence electrons. The van der Waals surface area contributed by atoms with E-state index in [9.17, 15) is 0 Å². The lowest BCUT2D eigenvalue weighted by molar-refractivity contribution is 0.353. The Kier molecular flexibility index (Phi) is 5.79. The highest BCUT2D eigenvalue weighted by molar-refractivity contribution is 7.99. The van der Waals surface area contributed by atoms with Crippen molar-refractivity contribution in [1.82, 2.24) is 5.32 Å². The summed E-state index contributed by atoms with van der Waals surface area (Å²) in [6, 6.07) is 10.3. The zero-order valence-electron chi connectivity index (χ0n) is 14.3. The third-order valence-corrected chi connectivity index (χ3v) is 5.82. The Morgan fingerprint density at radius 1 is 1.14 bits per heavy atom. The molecule has 0 aromatic heterocycles. The van der Waals surface area contributed by atoms with Crippen molar-refractivity contribution < 1.29 is 0 Å². The van der Waals surface area contributed by atoms with Crippen LogP contribution in [-0.4, -0.2) is 17.5 Å². The van der Waals surface area contributed by atoms with Crippen molar-refractivity contribution in [2.45, 2.75) is 76.1 Å². The minimum atomic E-state index is 0.240. The van der Waals surface area contributed by atoms with Crippen LogP contribution in [0.25, 0.3) is 0 Å². The van der Waals surface area contributed by atoms with Crippen LogP contribution in [0.15, 0.2) is 24.3 Å². The number of rotatable bonds is 4. The fraction of sp³-hybridized carbons (Fsp3) is 0.684. The van der Waals surface area contributed by atoms with Gasteiger partial charge in [0.05, 0.1) is 0 Å². The van der Waals surface area contributed by atoms with E-state index in [0.29, 0.717) is 12.1 Å². The molecule has 1 aliphatic rings. The molecular weight excluding hydrogens is 274 g/mol. The zero-order chi connectivity index (χ0) is 15.5. The summed E-state index contributed by atoms with van der Waals surface area (Å²) in [6.45, 7) is 9.12. The molecule has 0 heterocycles. The lowest BCUT2D eigenvalue weighted by Crippen LogP contribution is -2.36. The predicted molar refractivity (Wildman–Crippen MR) is 96.3 cm³/mol. The molecule has 3 atom stereocenters. The molecule has 0 amide bonds. The van der Waals surface area contributed by atoms with Crippen molar-refractivity contribution in [2.75, 3.05) is 6.26 Å². The SMILES string of the molecule is CSC1CCCC(NC(C)c2ccc(C(C)(C)C)cc2)C1. The molecule has 1 saturated carbocycles. The third-order valence-electron chi connectivity index (χ3n) is 4.72. The van der Waals surface area contributed by atoms with E-state index in [1.54, 1.807) is 0 Å². The molecule has 1 fully saturated rings. The van der Waals surface area contributed by atoms with E-state index < -0.39 is 0 Å². The van der Waals surface area contributed by atoms with E-state index in [4.69, 9.17) is 0 Å². The Morgan fingerprint density at radius 2 is 1.81 bits per heavy atom. The monoisotopic (exact) mass is 305 g/mol. The highest BCUT2D eigenvalue weighted by atomic mass is 32.2. The number of thioether (sulfide) groups is 1. The van der Waals surface area contributed by atoms with Crippen LogP contribution in [0.4, 0.5) is 0 Å². The van der Waals surface area contributed by atoms with Crippen molar-refractivity contribution in [2.24, 2.45) is 0 Å². The maximum absolute atomic E-state index is 3.84. The minimum absolute atomic E-state index is 0.240. The topological polar surface area (TPSA) is 12.0 Å². The van der Waals surface area contributed by atoms with E-state index >= 15 is 0 Å². The van der Waals surface area contributed by atoms with Gasteiger partial charge in [-0.2, -0.15) is 11.8 Å². The fourth-order valence-corrected chi connectivity index (χ4v) is 4.06. The quantitative estimate of drug-likeness (QED) is 0.809. The molecule has 21 heavy (non-hydrogen) atoms. The summed E-state index contributed by atoms with van der Waals surface area (Å²) in [5.41, 5.74) is 3.07. The first-order valence-electron chi connectivity index (χ1n) is 8.29. The lowest BCUT2D eigenvalue weighted by atomic mass is 9.86. The first-order chi connectivity index (χ1) is 9.90. The van der Waals surface area contributed by atoms with E-state index in [2.05, 4.69) is 63.5 Å². The van der Waals surface area contributed by atoms with Crippen LogP contribution in [0.2, 0.25) is 0 Å². The summed E-state index contributed by atoms with van der Waals surface area (Å²) < 4.78 is 0. The molecular formula is C19H31NS. The normalized spacial score (nSPS) is 24.8. The number of hydrogen-bond donors (Lipinski definition) is 1. The van der Waals surface area contributed by atoms with Crippen LogP contribution in [0.1, 0.15) is 70.5 Å². The highest BCUT2D eigenvalue weighted by Crippen LogP contribution is 2.29. The molecule has 2 heteroatoms. The Balaban J connectivity index is 1.95. The Labute approximate surface area is 135 Å². The number of hydrogen-bond acceptors (Lipinski definition) is 2. The third kappa shape index (κ3) is 4.75. The van der Waals surface area contributed by atoms with E-state index in [1.807, 2.05) is 11.8 Å². The van der Waals surface area contributed by atoms with E-state index in [-0.39, 0.29) is 5.41 Å². The van der Waals surface area contributed by atoms with Gasteiger partial charge in [-0.25, -0.2) is 0 Å². The summed E-state index contributed by atoms with van der Waals surface area (Å²) in [6.07, 6.45) is 7.68. The molecule has 0 spiro atoms. The molecule has 0 aliphatic heterocycles. The molecule has 2 rings (SSSR count). The van der Waals surface area contributed by atoms with Gasteiger partial charge in [0.1, 0.15) is 0 Å². The predicted octanol–water partition coefficient (Wildman–Crippen LogP) is 5.31. The second-order valence-electron chi connectivity index (χ2n) is 7.48. The van der Waals surface area contributed by atoms with Gasteiger partial charge in [-0.3, -0.25) is 0 Å². The average molecular weight is 306 g/mol. The molecule has 1 nitrogen and oxygen atoms in total. The van der Waals surface area contributed by atoms with Crippen LogP contribution in [0.3, 0.4) is 0 Å². The summed E-state index contributed by atoms with van der Waals surface area (Å²) in [7, 11) is 0. The number of nitrogens with one attached hydrogen (secondary N) is 1. The zero-order valence-corrected chi connectivity index (χ0v) is 15.1. The van der Waals surface area contributed by atoms with Crippen molar-refractivity contribution in [3.05, 3.63) is 35.4 Å². The van der Waals surface area contributed by atoms with Crippen molar-refractivity contribution in [3.63, 3.8) is 0 Å². The highest BCUT2D eigenvalue weighted by Gasteiger charge is 2.22. The average Bonchev–Trinajstić information content (AvgIpc) is 2.46. The summed E-state index contributed by atoms with van der Waals surface area (Å²) >= 11 is 2.04. The van der Waals surface area contributed by atoms with Crippen LogP contribution in [0, 0.1) is 0 Å². The Bertz CT molecular complexity index is 432. The maximum Gasteiger partial charge on any atom is 0.0294 e. The molecule has 1 aromatic rings. The lowest BCUT2D eigenvalue weighted by Gasteiger charge is -2.31. The van der Waals surface area contributed by atoms with E-state index in [0.717, 1.165) is 5.25 Å². The second-order valence-corrected chi connectivity index (χ2v) is 8.62. The molecule has 0 bridgehead atoms. The maximum atomic E-state index is 3.84. The second kappa shape index (κ2) is 7.19. The van der Waals surface area contributed by atoms with Crippen LogP contribution in [-0.2, 0) is 5.41 Å². The molecule has 1 aromatic carbocycles. The summed E-state index contributed by atoms with van der Waals surface area (Å²) in [5.74, 6) is 0. The van der Waals surface area contributed by atoms with Crippen molar-refractivity contribution >= 4 is 11.8 Å². The largest absolute Gasteiger partial charge is 0.307 e. The Morgan fingerprint density at radius 3 is 2.38 bits per heavy atom. The fourth-order valence-electron chi connectivity index (χ4n) is 3.23. The van der Waals surface area contributed by atoms with Gasteiger partial charge in [0.2, 0.25) is 0 Å². The van der Waals surface area contributed by atoms with Gasteiger partial charge in [0, 0.05) is 17.3 Å².